The molecule has 2 N–H and O–H groups in total. The Morgan fingerprint density at radius 2 is 2.05 bits per heavy atom. The van der Waals surface area contributed by atoms with Crippen LogP contribution < -0.4 is 20.3 Å². The standard InChI is InChI=1S/C14H19BrN2O4/c1-14(2,3)21-13(18)17-16-8-9-6-10(15)12-11(7-9)19-4-5-20-12/h6-7,16H,4-5,8H2,1-3H3,(H,17,18). The first-order valence-corrected chi connectivity index (χ1v) is 7.44. The number of benzene rings is 1. The Morgan fingerprint density at radius 3 is 2.76 bits per heavy atom. The largest absolute Gasteiger partial charge is 0.486 e. The molecule has 0 bridgehead atoms. The molecule has 0 atom stereocenters. The Hall–Kier alpha value is -1.47. The van der Waals surface area contributed by atoms with Crippen LogP contribution in [0, 0.1) is 0 Å². The number of hydrazine groups is 1. The van der Waals surface area contributed by atoms with Crippen molar-refractivity contribution >= 4 is 22.0 Å². The summed E-state index contributed by atoms with van der Waals surface area (Å²) >= 11 is 3.45. The van der Waals surface area contributed by atoms with Gasteiger partial charge in [0.25, 0.3) is 0 Å². The van der Waals surface area contributed by atoms with Crippen molar-refractivity contribution in [3.8, 4) is 11.5 Å². The van der Waals surface area contributed by atoms with Gasteiger partial charge in [0.2, 0.25) is 0 Å². The van der Waals surface area contributed by atoms with E-state index in [-0.39, 0.29) is 0 Å². The van der Waals surface area contributed by atoms with E-state index in [0.29, 0.717) is 31.3 Å². The van der Waals surface area contributed by atoms with Crippen LogP contribution in [0.15, 0.2) is 16.6 Å². The molecule has 1 aliphatic rings. The molecule has 2 rings (SSSR count). The number of carbonyl (C=O) groups excluding carboxylic acids is 1. The lowest BCUT2D eigenvalue weighted by molar-refractivity contribution is 0.0497. The minimum Gasteiger partial charge on any atom is -0.486 e. The van der Waals surface area contributed by atoms with E-state index in [1.165, 1.54) is 0 Å². The van der Waals surface area contributed by atoms with Crippen LogP contribution in [-0.4, -0.2) is 24.9 Å². The molecule has 1 amide bonds. The maximum Gasteiger partial charge on any atom is 0.422 e. The summed E-state index contributed by atoms with van der Waals surface area (Å²) in [5.74, 6) is 1.41. The normalized spacial score (nSPS) is 13.7. The summed E-state index contributed by atoms with van der Waals surface area (Å²) in [6.45, 7) is 6.95. The fourth-order valence-corrected chi connectivity index (χ4v) is 2.39. The maximum atomic E-state index is 11.5. The summed E-state index contributed by atoms with van der Waals surface area (Å²) in [4.78, 5) is 11.5. The predicted molar refractivity (Wildman–Crippen MR) is 81.3 cm³/mol. The Labute approximate surface area is 132 Å². The van der Waals surface area contributed by atoms with Gasteiger partial charge in [-0.15, -0.1) is 0 Å². The molecule has 1 aromatic rings. The van der Waals surface area contributed by atoms with Crippen LogP contribution in [-0.2, 0) is 11.3 Å². The van der Waals surface area contributed by atoms with Gasteiger partial charge >= 0.3 is 6.09 Å². The number of amides is 1. The van der Waals surface area contributed by atoms with Crippen molar-refractivity contribution in [2.75, 3.05) is 13.2 Å². The molecular weight excluding hydrogens is 340 g/mol. The van der Waals surface area contributed by atoms with Crippen molar-refractivity contribution in [2.45, 2.75) is 32.9 Å². The summed E-state index contributed by atoms with van der Waals surface area (Å²) in [7, 11) is 0. The predicted octanol–water partition coefficient (Wildman–Crippen LogP) is 2.75. The number of nitrogens with one attached hydrogen (secondary N) is 2. The van der Waals surface area contributed by atoms with Gasteiger partial charge in [0, 0.05) is 6.54 Å². The lowest BCUT2D eigenvalue weighted by Gasteiger charge is -2.21. The molecule has 1 aliphatic heterocycles. The molecule has 21 heavy (non-hydrogen) atoms. The van der Waals surface area contributed by atoms with Gasteiger partial charge in [-0.3, -0.25) is 5.43 Å². The summed E-state index contributed by atoms with van der Waals surface area (Å²) in [5, 5.41) is 0. The number of carbonyl (C=O) groups is 1. The molecule has 0 fully saturated rings. The van der Waals surface area contributed by atoms with E-state index in [4.69, 9.17) is 14.2 Å². The molecule has 0 spiro atoms. The first-order chi connectivity index (χ1) is 9.85. The lowest BCUT2D eigenvalue weighted by Crippen LogP contribution is -2.40. The number of hydrogen-bond acceptors (Lipinski definition) is 5. The van der Waals surface area contributed by atoms with Crippen molar-refractivity contribution < 1.29 is 19.0 Å². The highest BCUT2D eigenvalue weighted by atomic mass is 79.9. The van der Waals surface area contributed by atoms with Crippen LogP contribution in [0.4, 0.5) is 4.79 Å². The summed E-state index contributed by atoms with van der Waals surface area (Å²) in [6, 6.07) is 3.79. The molecule has 0 radical (unpaired) electrons. The smallest absolute Gasteiger partial charge is 0.422 e. The van der Waals surface area contributed by atoms with E-state index in [2.05, 4.69) is 26.8 Å². The first-order valence-electron chi connectivity index (χ1n) is 6.65. The van der Waals surface area contributed by atoms with E-state index in [1.807, 2.05) is 32.9 Å². The molecule has 1 aromatic carbocycles. The van der Waals surface area contributed by atoms with E-state index in [0.717, 1.165) is 10.0 Å². The van der Waals surface area contributed by atoms with Gasteiger partial charge in [0.15, 0.2) is 11.5 Å². The third-order valence-electron chi connectivity index (χ3n) is 2.54. The summed E-state index contributed by atoms with van der Waals surface area (Å²) in [6.07, 6.45) is -0.515. The summed E-state index contributed by atoms with van der Waals surface area (Å²) < 4.78 is 17.0. The van der Waals surface area contributed by atoms with Gasteiger partial charge in [0.1, 0.15) is 18.8 Å². The van der Waals surface area contributed by atoms with Gasteiger partial charge in [-0.2, -0.15) is 0 Å². The molecule has 1 heterocycles. The van der Waals surface area contributed by atoms with Crippen molar-refractivity contribution in [3.05, 3.63) is 22.2 Å². The monoisotopic (exact) mass is 358 g/mol. The highest BCUT2D eigenvalue weighted by Gasteiger charge is 2.17. The molecular formula is C14H19BrN2O4. The number of rotatable bonds is 3. The van der Waals surface area contributed by atoms with E-state index >= 15 is 0 Å². The van der Waals surface area contributed by atoms with Gasteiger partial charge < -0.3 is 14.2 Å². The van der Waals surface area contributed by atoms with Crippen LogP contribution in [0.2, 0.25) is 0 Å². The fourth-order valence-electron chi connectivity index (χ4n) is 1.79. The minimum atomic E-state index is -0.522. The van der Waals surface area contributed by atoms with E-state index in [1.54, 1.807) is 0 Å². The van der Waals surface area contributed by atoms with Crippen molar-refractivity contribution in [1.29, 1.82) is 0 Å². The Bertz CT molecular complexity index is 528. The van der Waals surface area contributed by atoms with Crippen LogP contribution in [0.5, 0.6) is 11.5 Å². The maximum absolute atomic E-state index is 11.5. The molecule has 7 heteroatoms. The average molecular weight is 359 g/mol. The molecule has 0 unspecified atom stereocenters. The van der Waals surface area contributed by atoms with E-state index < -0.39 is 11.7 Å². The number of hydrogen-bond donors (Lipinski definition) is 2. The zero-order valence-corrected chi connectivity index (χ0v) is 13.9. The van der Waals surface area contributed by atoms with Crippen LogP contribution in [0.3, 0.4) is 0 Å². The highest BCUT2D eigenvalue weighted by Crippen LogP contribution is 2.38. The van der Waals surface area contributed by atoms with Gasteiger partial charge in [0.05, 0.1) is 4.47 Å². The van der Waals surface area contributed by atoms with Gasteiger partial charge in [-0.25, -0.2) is 10.2 Å². The molecule has 0 saturated heterocycles. The first kappa shape index (κ1) is 15.9. The van der Waals surface area contributed by atoms with Gasteiger partial charge in [-0.1, -0.05) is 0 Å². The Morgan fingerprint density at radius 1 is 1.33 bits per heavy atom. The average Bonchev–Trinajstić information content (AvgIpc) is 2.36. The zero-order valence-electron chi connectivity index (χ0n) is 12.3. The molecule has 0 saturated carbocycles. The van der Waals surface area contributed by atoms with Crippen molar-refractivity contribution in [1.82, 2.24) is 10.9 Å². The van der Waals surface area contributed by atoms with E-state index in [9.17, 15) is 4.79 Å². The van der Waals surface area contributed by atoms with Crippen LogP contribution in [0.1, 0.15) is 26.3 Å². The number of ether oxygens (including phenoxy) is 3. The lowest BCUT2D eigenvalue weighted by atomic mass is 10.2. The third-order valence-corrected chi connectivity index (χ3v) is 3.13. The van der Waals surface area contributed by atoms with Crippen molar-refractivity contribution in [2.24, 2.45) is 0 Å². The summed E-state index contributed by atoms with van der Waals surface area (Å²) in [5.41, 5.74) is 5.73. The molecule has 0 aliphatic carbocycles. The minimum absolute atomic E-state index is 0.439. The van der Waals surface area contributed by atoms with Crippen molar-refractivity contribution in [3.63, 3.8) is 0 Å². The zero-order chi connectivity index (χ0) is 15.5. The Balaban J connectivity index is 1.89. The second-order valence-corrected chi connectivity index (χ2v) is 6.44. The number of halogens is 1. The second-order valence-electron chi connectivity index (χ2n) is 5.58. The number of fused-ring (bicyclic) bond motifs is 1. The second kappa shape index (κ2) is 6.53. The highest BCUT2D eigenvalue weighted by molar-refractivity contribution is 9.10. The topological polar surface area (TPSA) is 68.8 Å². The van der Waals surface area contributed by atoms with Gasteiger partial charge in [-0.05, 0) is 54.4 Å². The Kier molecular flexibility index (Phi) is 4.95. The molecule has 0 aromatic heterocycles. The molecule has 116 valence electrons. The SMILES string of the molecule is CC(C)(C)OC(=O)NNCc1cc(Br)c2c(c1)OCCO2. The van der Waals surface area contributed by atoms with Crippen LogP contribution >= 0.6 is 15.9 Å². The third kappa shape index (κ3) is 4.78. The quantitative estimate of drug-likeness (QED) is 0.813. The van der Waals surface area contributed by atoms with Crippen LogP contribution in [0.25, 0.3) is 0 Å². The fraction of sp³-hybridized carbons (Fsp3) is 0.500. The molecule has 6 nitrogen and oxygen atoms in total.